The Bertz CT molecular complexity index is 729. The maximum atomic E-state index is 12.0. The maximum Gasteiger partial charge on any atom is 0.335 e. The topological polar surface area (TPSA) is 107 Å². The maximum absolute atomic E-state index is 12.0. The second-order valence-electron chi connectivity index (χ2n) is 4.16. The van der Waals surface area contributed by atoms with E-state index in [0.29, 0.717) is 0 Å². The SMILES string of the molecule is O=C(O)c1cc(Cl)cc(NC(=O)c2cccc(O)c2O)c1. The number of benzene rings is 2. The molecule has 0 unspecified atom stereocenters. The van der Waals surface area contributed by atoms with Gasteiger partial charge < -0.3 is 20.6 Å². The highest BCUT2D eigenvalue weighted by atomic mass is 35.5. The number of hydrogen-bond donors (Lipinski definition) is 4. The number of carbonyl (C=O) groups excluding carboxylic acids is 1. The average Bonchev–Trinajstić information content (AvgIpc) is 2.41. The number of anilines is 1. The normalized spacial score (nSPS) is 10.1. The first-order chi connectivity index (χ1) is 9.88. The molecule has 1 amide bonds. The molecule has 0 atom stereocenters. The van der Waals surface area contributed by atoms with E-state index in [4.69, 9.17) is 16.7 Å². The number of amides is 1. The molecule has 2 aromatic rings. The third-order valence-corrected chi connectivity index (χ3v) is 2.88. The number of para-hydroxylation sites is 1. The summed E-state index contributed by atoms with van der Waals surface area (Å²) >= 11 is 5.78. The van der Waals surface area contributed by atoms with Crippen LogP contribution in [0.25, 0.3) is 0 Å². The Morgan fingerprint density at radius 2 is 1.81 bits per heavy atom. The predicted octanol–water partition coefficient (Wildman–Crippen LogP) is 2.70. The number of aromatic hydroxyl groups is 2. The Balaban J connectivity index is 2.31. The lowest BCUT2D eigenvalue weighted by atomic mass is 10.1. The van der Waals surface area contributed by atoms with Crippen molar-refractivity contribution in [3.05, 3.63) is 52.5 Å². The van der Waals surface area contributed by atoms with Crippen molar-refractivity contribution in [1.29, 1.82) is 0 Å². The number of hydrogen-bond acceptors (Lipinski definition) is 4. The van der Waals surface area contributed by atoms with Crippen molar-refractivity contribution < 1.29 is 24.9 Å². The molecule has 108 valence electrons. The quantitative estimate of drug-likeness (QED) is 0.652. The van der Waals surface area contributed by atoms with E-state index in [1.165, 1.54) is 36.4 Å². The van der Waals surface area contributed by atoms with Crippen molar-refractivity contribution in [3.63, 3.8) is 0 Å². The molecule has 2 rings (SSSR count). The summed E-state index contributed by atoms with van der Waals surface area (Å²) in [6.45, 7) is 0. The summed E-state index contributed by atoms with van der Waals surface area (Å²) in [5.74, 6) is -2.88. The summed E-state index contributed by atoms with van der Waals surface area (Å²) in [6, 6.07) is 7.77. The van der Waals surface area contributed by atoms with Gasteiger partial charge in [0.1, 0.15) is 0 Å². The van der Waals surface area contributed by atoms with E-state index >= 15 is 0 Å². The van der Waals surface area contributed by atoms with Crippen LogP contribution in [0.3, 0.4) is 0 Å². The van der Waals surface area contributed by atoms with Crippen LogP contribution in [-0.2, 0) is 0 Å². The van der Waals surface area contributed by atoms with Crippen molar-refractivity contribution >= 4 is 29.2 Å². The molecule has 4 N–H and O–H groups in total. The zero-order valence-corrected chi connectivity index (χ0v) is 11.3. The fourth-order valence-corrected chi connectivity index (χ4v) is 1.93. The van der Waals surface area contributed by atoms with Crippen LogP contribution in [0.15, 0.2) is 36.4 Å². The van der Waals surface area contributed by atoms with E-state index in [0.717, 1.165) is 0 Å². The van der Waals surface area contributed by atoms with E-state index in [1.807, 2.05) is 0 Å². The number of carboxylic acids is 1. The molecule has 0 aliphatic carbocycles. The highest BCUT2D eigenvalue weighted by molar-refractivity contribution is 6.31. The second kappa shape index (κ2) is 5.72. The van der Waals surface area contributed by atoms with E-state index in [2.05, 4.69) is 5.32 Å². The monoisotopic (exact) mass is 307 g/mol. The molecule has 0 aromatic heterocycles. The third-order valence-electron chi connectivity index (χ3n) is 2.66. The van der Waals surface area contributed by atoms with E-state index in [9.17, 15) is 19.8 Å². The smallest absolute Gasteiger partial charge is 0.335 e. The average molecular weight is 308 g/mol. The van der Waals surface area contributed by atoms with Gasteiger partial charge in [0.15, 0.2) is 11.5 Å². The van der Waals surface area contributed by atoms with Crippen LogP contribution in [0.4, 0.5) is 5.69 Å². The Hall–Kier alpha value is -2.73. The van der Waals surface area contributed by atoms with Gasteiger partial charge in [-0.2, -0.15) is 0 Å². The molecule has 0 fully saturated rings. The number of rotatable bonds is 3. The van der Waals surface area contributed by atoms with Gasteiger partial charge in [0.05, 0.1) is 11.1 Å². The van der Waals surface area contributed by atoms with Gasteiger partial charge in [0.25, 0.3) is 5.91 Å². The number of carbonyl (C=O) groups is 2. The number of aromatic carboxylic acids is 1. The van der Waals surface area contributed by atoms with Gasteiger partial charge in [-0.3, -0.25) is 4.79 Å². The molecule has 6 nitrogen and oxygen atoms in total. The highest BCUT2D eigenvalue weighted by Crippen LogP contribution is 2.29. The van der Waals surface area contributed by atoms with Crippen molar-refractivity contribution in [3.8, 4) is 11.5 Å². The van der Waals surface area contributed by atoms with Crippen molar-refractivity contribution in [2.45, 2.75) is 0 Å². The number of phenols is 2. The van der Waals surface area contributed by atoms with Crippen molar-refractivity contribution in [1.82, 2.24) is 0 Å². The van der Waals surface area contributed by atoms with Gasteiger partial charge in [0.2, 0.25) is 0 Å². The minimum atomic E-state index is -1.19. The first kappa shape index (κ1) is 14.7. The van der Waals surface area contributed by atoms with Crippen LogP contribution in [0.1, 0.15) is 20.7 Å². The number of nitrogens with one attached hydrogen (secondary N) is 1. The molecule has 0 aliphatic rings. The van der Waals surface area contributed by atoms with Gasteiger partial charge in [-0.05, 0) is 30.3 Å². The number of carboxylic acid groups (broad SMARTS) is 1. The summed E-state index contributed by atoms with van der Waals surface area (Å²) in [5.41, 5.74) is -0.0718. The van der Waals surface area contributed by atoms with E-state index in [1.54, 1.807) is 0 Å². The van der Waals surface area contributed by atoms with Crippen molar-refractivity contribution in [2.75, 3.05) is 5.32 Å². The molecule has 0 aliphatic heterocycles. The van der Waals surface area contributed by atoms with Gasteiger partial charge in [-0.1, -0.05) is 17.7 Å². The highest BCUT2D eigenvalue weighted by Gasteiger charge is 2.15. The molecular formula is C14H10ClNO5. The van der Waals surface area contributed by atoms with Gasteiger partial charge in [-0.25, -0.2) is 4.79 Å². The molecule has 0 bridgehead atoms. The van der Waals surface area contributed by atoms with Crippen LogP contribution in [0, 0.1) is 0 Å². The standard InChI is InChI=1S/C14H10ClNO5/c15-8-4-7(14(20)21)5-9(6-8)16-13(19)10-2-1-3-11(17)12(10)18/h1-6,17-18H,(H,16,19)(H,20,21). The minimum Gasteiger partial charge on any atom is -0.504 e. The van der Waals surface area contributed by atoms with E-state index < -0.39 is 23.4 Å². The summed E-state index contributed by atoms with van der Waals surface area (Å²) in [7, 11) is 0. The number of halogens is 1. The zero-order valence-electron chi connectivity index (χ0n) is 10.5. The molecule has 0 saturated heterocycles. The Morgan fingerprint density at radius 1 is 1.10 bits per heavy atom. The summed E-state index contributed by atoms with van der Waals surface area (Å²) in [6.07, 6.45) is 0. The van der Waals surface area contributed by atoms with Crippen LogP contribution in [-0.4, -0.2) is 27.2 Å². The van der Waals surface area contributed by atoms with Gasteiger partial charge in [-0.15, -0.1) is 0 Å². The lowest BCUT2D eigenvalue weighted by molar-refractivity contribution is 0.0696. The van der Waals surface area contributed by atoms with Crippen LogP contribution in [0.5, 0.6) is 11.5 Å². The molecular weight excluding hydrogens is 298 g/mol. The first-order valence-electron chi connectivity index (χ1n) is 5.74. The Morgan fingerprint density at radius 3 is 2.48 bits per heavy atom. The molecule has 7 heteroatoms. The van der Waals surface area contributed by atoms with Gasteiger partial charge >= 0.3 is 5.97 Å². The largest absolute Gasteiger partial charge is 0.504 e. The fraction of sp³-hybridized carbons (Fsp3) is 0. The van der Waals surface area contributed by atoms with Crippen LogP contribution in [0.2, 0.25) is 5.02 Å². The lowest BCUT2D eigenvalue weighted by Gasteiger charge is -2.09. The third kappa shape index (κ3) is 3.24. The zero-order chi connectivity index (χ0) is 15.6. The number of phenolic OH excluding ortho intramolecular Hbond substituents is 2. The van der Waals surface area contributed by atoms with Gasteiger partial charge in [0, 0.05) is 10.7 Å². The fourth-order valence-electron chi connectivity index (χ4n) is 1.70. The summed E-state index contributed by atoms with van der Waals surface area (Å²) in [4.78, 5) is 22.9. The molecule has 2 aromatic carbocycles. The molecule has 0 saturated carbocycles. The molecule has 21 heavy (non-hydrogen) atoms. The molecule has 0 heterocycles. The Kier molecular flexibility index (Phi) is 4.00. The molecule has 0 radical (unpaired) electrons. The van der Waals surface area contributed by atoms with Crippen LogP contribution >= 0.6 is 11.6 Å². The lowest BCUT2D eigenvalue weighted by Crippen LogP contribution is -2.12. The molecule has 0 spiro atoms. The van der Waals surface area contributed by atoms with Crippen LogP contribution < -0.4 is 5.32 Å². The Labute approximate surface area is 124 Å². The predicted molar refractivity (Wildman–Crippen MR) is 76.1 cm³/mol. The first-order valence-corrected chi connectivity index (χ1v) is 6.12. The van der Waals surface area contributed by atoms with Crippen molar-refractivity contribution in [2.24, 2.45) is 0 Å². The van der Waals surface area contributed by atoms with E-state index in [-0.39, 0.29) is 21.8 Å². The summed E-state index contributed by atoms with van der Waals surface area (Å²) in [5, 5.41) is 30.4. The summed E-state index contributed by atoms with van der Waals surface area (Å²) < 4.78 is 0. The second-order valence-corrected chi connectivity index (χ2v) is 4.60. The minimum absolute atomic E-state index is 0.0852.